The van der Waals surface area contributed by atoms with Crippen LogP contribution in [0.2, 0.25) is 0 Å². The monoisotopic (exact) mass is 334 g/mol. The molecule has 5 heteroatoms. The Morgan fingerprint density at radius 2 is 1.96 bits per heavy atom. The highest BCUT2D eigenvalue weighted by molar-refractivity contribution is 5.68. The minimum Gasteiger partial charge on any atom is -0.444 e. The third-order valence-corrected chi connectivity index (χ3v) is 4.04. The molecule has 0 aromatic heterocycles. The number of ether oxygens (including phenoxy) is 1. The van der Waals surface area contributed by atoms with Gasteiger partial charge in [-0.1, -0.05) is 30.3 Å². The van der Waals surface area contributed by atoms with Crippen LogP contribution in [0.4, 0.5) is 4.79 Å². The standard InChI is InChI=1S/C19H30N2O3/c1-19(2,3)24-18(23)21(12-15-9-10-15)13-17(22)16(20)11-14-7-5-4-6-8-14/h4-8,15-17,22H,9-13,20H2,1-3H3. The van der Waals surface area contributed by atoms with Crippen LogP contribution >= 0.6 is 0 Å². The summed E-state index contributed by atoms with van der Waals surface area (Å²) in [4.78, 5) is 14.0. The number of nitrogens with zero attached hydrogens (tertiary/aromatic N) is 1. The van der Waals surface area contributed by atoms with Crippen molar-refractivity contribution < 1.29 is 14.6 Å². The average molecular weight is 334 g/mol. The Bertz CT molecular complexity index is 523. The summed E-state index contributed by atoms with van der Waals surface area (Å²) in [6.45, 7) is 6.37. The summed E-state index contributed by atoms with van der Waals surface area (Å²) >= 11 is 0. The van der Waals surface area contributed by atoms with Gasteiger partial charge >= 0.3 is 6.09 Å². The molecule has 0 heterocycles. The van der Waals surface area contributed by atoms with E-state index in [9.17, 15) is 9.90 Å². The molecule has 0 aliphatic heterocycles. The smallest absolute Gasteiger partial charge is 0.410 e. The summed E-state index contributed by atoms with van der Waals surface area (Å²) < 4.78 is 5.46. The van der Waals surface area contributed by atoms with E-state index in [0.29, 0.717) is 18.9 Å². The highest BCUT2D eigenvalue weighted by Gasteiger charge is 2.31. The zero-order valence-electron chi connectivity index (χ0n) is 14.9. The fourth-order valence-electron chi connectivity index (χ4n) is 2.55. The Morgan fingerprint density at radius 3 is 2.50 bits per heavy atom. The Balaban J connectivity index is 1.92. The number of hydrogen-bond acceptors (Lipinski definition) is 4. The average Bonchev–Trinajstić information content (AvgIpc) is 3.29. The highest BCUT2D eigenvalue weighted by Crippen LogP contribution is 2.30. The van der Waals surface area contributed by atoms with Crippen molar-refractivity contribution in [2.75, 3.05) is 13.1 Å². The van der Waals surface area contributed by atoms with E-state index in [-0.39, 0.29) is 12.6 Å². The summed E-state index contributed by atoms with van der Waals surface area (Å²) in [5.74, 6) is 0.523. The van der Waals surface area contributed by atoms with Gasteiger partial charge in [0.1, 0.15) is 5.60 Å². The summed E-state index contributed by atoms with van der Waals surface area (Å²) in [5, 5.41) is 10.5. The second-order valence-electron chi connectivity index (χ2n) is 7.75. The first-order valence-electron chi connectivity index (χ1n) is 8.70. The minimum atomic E-state index is -0.781. The molecule has 1 aliphatic carbocycles. The number of carbonyl (C=O) groups is 1. The van der Waals surface area contributed by atoms with E-state index in [1.807, 2.05) is 51.1 Å². The fourth-order valence-corrected chi connectivity index (χ4v) is 2.55. The van der Waals surface area contributed by atoms with Gasteiger partial charge in [0.05, 0.1) is 12.6 Å². The number of aliphatic hydroxyl groups excluding tert-OH is 1. The predicted octanol–water partition coefficient (Wildman–Crippen LogP) is 2.56. The zero-order chi connectivity index (χ0) is 17.7. The van der Waals surface area contributed by atoms with Gasteiger partial charge in [-0.15, -0.1) is 0 Å². The van der Waals surface area contributed by atoms with Gasteiger partial charge in [-0.2, -0.15) is 0 Å². The Kier molecular flexibility index (Phi) is 6.24. The number of aliphatic hydroxyl groups is 1. The maximum Gasteiger partial charge on any atom is 0.410 e. The minimum absolute atomic E-state index is 0.208. The third kappa shape index (κ3) is 6.49. The van der Waals surface area contributed by atoms with Crippen molar-refractivity contribution in [1.29, 1.82) is 0 Å². The molecular weight excluding hydrogens is 304 g/mol. The van der Waals surface area contributed by atoms with E-state index in [1.165, 1.54) is 0 Å². The van der Waals surface area contributed by atoms with E-state index < -0.39 is 17.7 Å². The lowest BCUT2D eigenvalue weighted by molar-refractivity contribution is 0.0109. The lowest BCUT2D eigenvalue weighted by Gasteiger charge is -2.30. The van der Waals surface area contributed by atoms with Gasteiger partial charge in [-0.3, -0.25) is 0 Å². The van der Waals surface area contributed by atoms with Crippen molar-refractivity contribution in [3.63, 3.8) is 0 Å². The third-order valence-electron chi connectivity index (χ3n) is 4.04. The lowest BCUT2D eigenvalue weighted by Crippen LogP contribution is -2.48. The quantitative estimate of drug-likeness (QED) is 0.803. The molecule has 0 radical (unpaired) electrons. The predicted molar refractivity (Wildman–Crippen MR) is 94.7 cm³/mol. The lowest BCUT2D eigenvalue weighted by atomic mass is 10.0. The normalized spacial score (nSPS) is 17.2. The maximum atomic E-state index is 12.4. The van der Waals surface area contributed by atoms with Gasteiger partial charge in [0.2, 0.25) is 0 Å². The Hall–Kier alpha value is -1.59. The van der Waals surface area contributed by atoms with Crippen molar-refractivity contribution in [1.82, 2.24) is 4.90 Å². The van der Waals surface area contributed by atoms with Crippen molar-refractivity contribution >= 4 is 6.09 Å². The molecule has 0 spiro atoms. The topological polar surface area (TPSA) is 75.8 Å². The largest absolute Gasteiger partial charge is 0.444 e. The summed E-state index contributed by atoms with van der Waals surface area (Å²) in [5.41, 5.74) is 6.68. The SMILES string of the molecule is CC(C)(C)OC(=O)N(CC1CC1)CC(O)C(N)Cc1ccccc1. The van der Waals surface area contributed by atoms with E-state index in [1.54, 1.807) is 4.90 Å². The van der Waals surface area contributed by atoms with Crippen molar-refractivity contribution in [2.45, 2.75) is 57.8 Å². The van der Waals surface area contributed by atoms with Crippen molar-refractivity contribution in [3.8, 4) is 0 Å². The molecule has 2 rings (SSSR count). The van der Waals surface area contributed by atoms with Crippen LogP contribution in [-0.4, -0.2) is 46.9 Å². The van der Waals surface area contributed by atoms with Gasteiger partial charge in [-0.05, 0) is 51.5 Å². The molecule has 24 heavy (non-hydrogen) atoms. The van der Waals surface area contributed by atoms with E-state index in [0.717, 1.165) is 18.4 Å². The molecule has 2 atom stereocenters. The summed E-state index contributed by atoms with van der Waals surface area (Å²) in [6.07, 6.45) is 1.68. The molecule has 5 nitrogen and oxygen atoms in total. The van der Waals surface area contributed by atoms with E-state index >= 15 is 0 Å². The van der Waals surface area contributed by atoms with Crippen LogP contribution in [0.5, 0.6) is 0 Å². The molecule has 3 N–H and O–H groups in total. The molecular formula is C19H30N2O3. The first-order valence-corrected chi connectivity index (χ1v) is 8.70. The van der Waals surface area contributed by atoms with Crippen LogP contribution in [-0.2, 0) is 11.2 Å². The zero-order valence-corrected chi connectivity index (χ0v) is 14.9. The second-order valence-corrected chi connectivity index (χ2v) is 7.75. The molecule has 1 saturated carbocycles. The van der Waals surface area contributed by atoms with Gasteiger partial charge in [-0.25, -0.2) is 4.79 Å². The molecule has 1 fully saturated rings. The van der Waals surface area contributed by atoms with E-state index in [4.69, 9.17) is 10.5 Å². The summed E-state index contributed by atoms with van der Waals surface area (Å²) in [6, 6.07) is 9.41. The first kappa shape index (κ1) is 18.7. The molecule has 1 aromatic rings. The molecule has 2 unspecified atom stereocenters. The van der Waals surface area contributed by atoms with E-state index in [2.05, 4.69) is 0 Å². The molecule has 1 aromatic carbocycles. The molecule has 1 amide bonds. The van der Waals surface area contributed by atoms with Crippen LogP contribution in [0.25, 0.3) is 0 Å². The number of hydrogen-bond donors (Lipinski definition) is 2. The van der Waals surface area contributed by atoms with Crippen LogP contribution in [0, 0.1) is 5.92 Å². The van der Waals surface area contributed by atoms with Gasteiger partial charge in [0, 0.05) is 12.6 Å². The number of rotatable bonds is 7. The van der Waals surface area contributed by atoms with Crippen LogP contribution in [0.1, 0.15) is 39.2 Å². The molecule has 0 saturated heterocycles. The van der Waals surface area contributed by atoms with Crippen LogP contribution in [0.15, 0.2) is 30.3 Å². The van der Waals surface area contributed by atoms with Crippen LogP contribution < -0.4 is 5.73 Å². The molecule has 1 aliphatic rings. The maximum absolute atomic E-state index is 12.4. The number of carbonyl (C=O) groups excluding carboxylic acids is 1. The number of benzene rings is 1. The van der Waals surface area contributed by atoms with Gasteiger partial charge in [0.25, 0.3) is 0 Å². The molecule has 0 bridgehead atoms. The fraction of sp³-hybridized carbons (Fsp3) is 0.632. The Morgan fingerprint density at radius 1 is 1.33 bits per heavy atom. The van der Waals surface area contributed by atoms with Gasteiger partial charge in [0.15, 0.2) is 0 Å². The van der Waals surface area contributed by atoms with Crippen LogP contribution in [0.3, 0.4) is 0 Å². The van der Waals surface area contributed by atoms with Crippen molar-refractivity contribution in [2.24, 2.45) is 11.7 Å². The summed E-state index contributed by atoms with van der Waals surface area (Å²) in [7, 11) is 0. The van der Waals surface area contributed by atoms with Crippen molar-refractivity contribution in [3.05, 3.63) is 35.9 Å². The highest BCUT2D eigenvalue weighted by atomic mass is 16.6. The first-order chi connectivity index (χ1) is 11.2. The second kappa shape index (κ2) is 7.99. The van der Waals surface area contributed by atoms with Gasteiger partial charge < -0.3 is 20.5 Å². The number of nitrogens with two attached hydrogens (primary N) is 1. The molecule has 134 valence electrons. The Labute approximate surface area is 144 Å². The number of amides is 1.